The first-order chi connectivity index (χ1) is 13.2. The van der Waals surface area contributed by atoms with Gasteiger partial charge < -0.3 is 29.6 Å². The Kier molecular flexibility index (Phi) is 7.67. The quantitative estimate of drug-likeness (QED) is 0.733. The number of para-hydroxylation sites is 2. The number of carbonyl (C=O) groups excluding carboxylic acids is 1. The van der Waals surface area contributed by atoms with Crippen LogP contribution in [-0.2, 0) is 0 Å². The highest BCUT2D eigenvalue weighted by molar-refractivity contribution is 5.89. The zero-order valence-corrected chi connectivity index (χ0v) is 15.5. The molecular formula is C20H22N2O5. The minimum Gasteiger partial charge on any atom is -0.497 e. The van der Waals surface area contributed by atoms with Crippen LogP contribution in [0.4, 0.5) is 10.5 Å². The molecule has 2 rings (SSSR count). The molecule has 0 aliphatic rings. The molecule has 2 aromatic carbocycles. The molecule has 0 saturated heterocycles. The van der Waals surface area contributed by atoms with E-state index in [-0.39, 0.29) is 19.2 Å². The van der Waals surface area contributed by atoms with Gasteiger partial charge >= 0.3 is 6.03 Å². The van der Waals surface area contributed by atoms with Crippen LogP contribution in [0.15, 0.2) is 42.5 Å². The van der Waals surface area contributed by atoms with Crippen molar-refractivity contribution in [2.45, 2.75) is 0 Å². The van der Waals surface area contributed by atoms with Crippen molar-refractivity contribution >= 4 is 11.7 Å². The minimum atomic E-state index is -0.384. The number of amides is 2. The van der Waals surface area contributed by atoms with Crippen LogP contribution in [0.3, 0.4) is 0 Å². The number of rotatable bonds is 7. The van der Waals surface area contributed by atoms with Crippen molar-refractivity contribution in [1.82, 2.24) is 5.32 Å². The fraction of sp³-hybridized carbons (Fsp3) is 0.250. The molecule has 7 heteroatoms. The van der Waals surface area contributed by atoms with Crippen LogP contribution in [0, 0.1) is 11.8 Å². The highest BCUT2D eigenvalue weighted by Gasteiger charge is 2.05. The van der Waals surface area contributed by atoms with Crippen molar-refractivity contribution in [3.05, 3.63) is 42.5 Å². The number of hydrogen-bond acceptors (Lipinski definition) is 5. The molecule has 0 bridgehead atoms. The van der Waals surface area contributed by atoms with Gasteiger partial charge in [0, 0.05) is 23.9 Å². The van der Waals surface area contributed by atoms with Gasteiger partial charge in [-0.25, -0.2) is 4.79 Å². The van der Waals surface area contributed by atoms with Gasteiger partial charge in [-0.3, -0.25) is 0 Å². The van der Waals surface area contributed by atoms with Gasteiger partial charge in [-0.05, 0) is 12.1 Å². The van der Waals surface area contributed by atoms with E-state index in [2.05, 4.69) is 22.5 Å². The molecule has 27 heavy (non-hydrogen) atoms. The zero-order chi connectivity index (χ0) is 19.5. The van der Waals surface area contributed by atoms with Crippen LogP contribution >= 0.6 is 0 Å². The number of methoxy groups -OCH3 is 3. The van der Waals surface area contributed by atoms with E-state index in [1.807, 2.05) is 18.2 Å². The van der Waals surface area contributed by atoms with Crippen LogP contribution < -0.4 is 29.6 Å². The van der Waals surface area contributed by atoms with Gasteiger partial charge in [0.2, 0.25) is 0 Å². The third kappa shape index (κ3) is 6.36. The molecule has 0 aromatic heterocycles. The monoisotopic (exact) mass is 370 g/mol. The summed E-state index contributed by atoms with van der Waals surface area (Å²) < 4.78 is 21.0. The molecule has 0 fully saturated rings. The second kappa shape index (κ2) is 10.5. The zero-order valence-electron chi connectivity index (χ0n) is 15.5. The summed E-state index contributed by atoms with van der Waals surface area (Å²) >= 11 is 0. The molecule has 0 spiro atoms. The van der Waals surface area contributed by atoms with Crippen LogP contribution in [0.5, 0.6) is 23.0 Å². The van der Waals surface area contributed by atoms with Crippen molar-refractivity contribution in [1.29, 1.82) is 0 Å². The molecule has 0 aliphatic heterocycles. The summed E-state index contributed by atoms with van der Waals surface area (Å²) in [5.74, 6) is 8.07. The molecule has 0 radical (unpaired) electrons. The molecule has 0 heterocycles. The van der Waals surface area contributed by atoms with E-state index in [1.165, 1.54) is 0 Å². The first kappa shape index (κ1) is 19.8. The Balaban J connectivity index is 1.77. The Hall–Kier alpha value is -3.53. The fourth-order valence-corrected chi connectivity index (χ4v) is 2.14. The Bertz CT molecular complexity index is 804. The van der Waals surface area contributed by atoms with Crippen molar-refractivity contribution in [2.24, 2.45) is 0 Å². The number of ether oxygens (including phenoxy) is 4. The smallest absolute Gasteiger partial charge is 0.319 e. The molecule has 0 aliphatic carbocycles. The van der Waals surface area contributed by atoms with Crippen LogP contribution in [-0.4, -0.2) is 40.5 Å². The lowest BCUT2D eigenvalue weighted by atomic mass is 10.3. The Labute approximate surface area is 158 Å². The third-order valence-electron chi connectivity index (χ3n) is 3.44. The molecule has 7 nitrogen and oxygen atoms in total. The number of anilines is 1. The molecule has 2 aromatic rings. The third-order valence-corrected chi connectivity index (χ3v) is 3.44. The maximum absolute atomic E-state index is 11.9. The van der Waals surface area contributed by atoms with E-state index in [9.17, 15) is 4.79 Å². The van der Waals surface area contributed by atoms with Crippen LogP contribution in [0.1, 0.15) is 0 Å². The summed E-state index contributed by atoms with van der Waals surface area (Å²) in [5, 5.41) is 5.34. The van der Waals surface area contributed by atoms with E-state index in [4.69, 9.17) is 18.9 Å². The molecular weight excluding hydrogens is 348 g/mol. The highest BCUT2D eigenvalue weighted by Crippen LogP contribution is 2.26. The Morgan fingerprint density at radius 3 is 2.22 bits per heavy atom. The van der Waals surface area contributed by atoms with Crippen molar-refractivity contribution in [3.63, 3.8) is 0 Å². The summed E-state index contributed by atoms with van der Waals surface area (Å²) in [4.78, 5) is 11.9. The number of nitrogens with one attached hydrogen (secondary N) is 2. The second-order valence-corrected chi connectivity index (χ2v) is 5.20. The van der Waals surface area contributed by atoms with Gasteiger partial charge in [-0.1, -0.05) is 24.0 Å². The largest absolute Gasteiger partial charge is 0.497 e. The SMILES string of the molecule is COc1cc(NC(=O)NCC#CCOc2ccccc2OC)cc(OC)c1. The Morgan fingerprint density at radius 2 is 1.59 bits per heavy atom. The van der Waals surface area contributed by atoms with E-state index < -0.39 is 0 Å². The lowest BCUT2D eigenvalue weighted by Crippen LogP contribution is -2.29. The fourth-order valence-electron chi connectivity index (χ4n) is 2.14. The van der Waals surface area contributed by atoms with Crippen molar-refractivity contribution in [3.8, 4) is 34.8 Å². The van der Waals surface area contributed by atoms with E-state index in [1.54, 1.807) is 45.6 Å². The number of carbonyl (C=O) groups is 1. The summed E-state index contributed by atoms with van der Waals surface area (Å²) in [6.45, 7) is 0.374. The second-order valence-electron chi connectivity index (χ2n) is 5.20. The van der Waals surface area contributed by atoms with Gasteiger partial charge in [-0.15, -0.1) is 0 Å². The standard InChI is InChI=1S/C20H22N2O5/c1-24-16-12-15(13-17(14-16)25-2)22-20(23)21-10-6-7-11-27-19-9-5-4-8-18(19)26-3/h4-5,8-9,12-14H,10-11H2,1-3H3,(H2,21,22,23). The molecule has 0 unspecified atom stereocenters. The van der Waals surface area contributed by atoms with E-state index in [0.29, 0.717) is 28.7 Å². The van der Waals surface area contributed by atoms with Gasteiger partial charge in [0.1, 0.15) is 18.1 Å². The molecule has 142 valence electrons. The number of hydrogen-bond donors (Lipinski definition) is 2. The van der Waals surface area contributed by atoms with Gasteiger partial charge in [-0.2, -0.15) is 0 Å². The molecule has 0 saturated carbocycles. The topological polar surface area (TPSA) is 78.1 Å². The van der Waals surface area contributed by atoms with Crippen LogP contribution in [0.2, 0.25) is 0 Å². The summed E-state index contributed by atoms with van der Waals surface area (Å²) in [6.07, 6.45) is 0. The summed E-state index contributed by atoms with van der Waals surface area (Å²) in [7, 11) is 4.66. The average molecular weight is 370 g/mol. The number of urea groups is 1. The van der Waals surface area contributed by atoms with Crippen molar-refractivity contribution in [2.75, 3.05) is 39.8 Å². The molecule has 0 atom stereocenters. The average Bonchev–Trinajstić information content (AvgIpc) is 2.70. The lowest BCUT2D eigenvalue weighted by molar-refractivity contribution is 0.253. The predicted molar refractivity (Wildman–Crippen MR) is 103 cm³/mol. The minimum absolute atomic E-state index is 0.183. The summed E-state index contributed by atoms with van der Waals surface area (Å²) in [6, 6.07) is 12.0. The van der Waals surface area contributed by atoms with Gasteiger partial charge in [0.05, 0.1) is 27.9 Å². The maximum Gasteiger partial charge on any atom is 0.319 e. The lowest BCUT2D eigenvalue weighted by Gasteiger charge is -2.10. The van der Waals surface area contributed by atoms with Crippen LogP contribution in [0.25, 0.3) is 0 Å². The maximum atomic E-state index is 11.9. The van der Waals surface area contributed by atoms with Gasteiger partial charge in [0.15, 0.2) is 11.5 Å². The first-order valence-electron chi connectivity index (χ1n) is 8.15. The normalized spacial score (nSPS) is 9.44. The van der Waals surface area contributed by atoms with Crippen molar-refractivity contribution < 1.29 is 23.7 Å². The van der Waals surface area contributed by atoms with E-state index in [0.717, 1.165) is 0 Å². The predicted octanol–water partition coefficient (Wildman–Crippen LogP) is 2.92. The highest BCUT2D eigenvalue weighted by atomic mass is 16.5. The van der Waals surface area contributed by atoms with E-state index >= 15 is 0 Å². The summed E-state index contributed by atoms with van der Waals surface area (Å²) in [5.41, 5.74) is 0.552. The Morgan fingerprint density at radius 1 is 0.926 bits per heavy atom. The first-order valence-corrected chi connectivity index (χ1v) is 8.15. The molecule has 2 amide bonds. The van der Waals surface area contributed by atoms with Gasteiger partial charge in [0.25, 0.3) is 0 Å². The number of benzene rings is 2. The molecule has 2 N–H and O–H groups in total.